The summed E-state index contributed by atoms with van der Waals surface area (Å²) in [5.41, 5.74) is -1.27. The van der Waals surface area contributed by atoms with Crippen LogP contribution in [0.25, 0.3) is 0 Å². The van der Waals surface area contributed by atoms with E-state index >= 15 is 0 Å². The summed E-state index contributed by atoms with van der Waals surface area (Å²) in [6.45, 7) is 0.769. The molecule has 1 heterocycles. The van der Waals surface area contributed by atoms with E-state index in [0.29, 0.717) is 0 Å². The standard InChI is InChI=1S/C10H15N2O5/c1-16-5-3-11-8(13)7-9(14)12(10(11)15)4-6-17-2/h13H,3-6H2,1-2H3. The van der Waals surface area contributed by atoms with Crippen LogP contribution in [0.2, 0.25) is 0 Å². The first kappa shape index (κ1) is 13.5. The van der Waals surface area contributed by atoms with Crippen LogP contribution in [0.5, 0.6) is 5.88 Å². The van der Waals surface area contributed by atoms with Crippen LogP contribution in [0, 0.1) is 6.07 Å². The molecule has 1 aromatic rings. The van der Waals surface area contributed by atoms with Gasteiger partial charge in [-0.2, -0.15) is 0 Å². The lowest BCUT2D eigenvalue weighted by molar-refractivity contribution is 0.174. The fourth-order valence-electron chi connectivity index (χ4n) is 1.32. The van der Waals surface area contributed by atoms with Crippen molar-refractivity contribution in [1.82, 2.24) is 9.13 Å². The van der Waals surface area contributed by atoms with Crippen LogP contribution in [0.15, 0.2) is 9.59 Å². The van der Waals surface area contributed by atoms with Crippen LogP contribution in [-0.4, -0.2) is 41.7 Å². The summed E-state index contributed by atoms with van der Waals surface area (Å²) in [4.78, 5) is 23.3. The zero-order chi connectivity index (χ0) is 12.8. The lowest BCUT2D eigenvalue weighted by Gasteiger charge is -2.10. The van der Waals surface area contributed by atoms with Crippen molar-refractivity contribution >= 4 is 0 Å². The second-order valence-electron chi connectivity index (χ2n) is 3.33. The number of rotatable bonds is 6. The van der Waals surface area contributed by atoms with Gasteiger partial charge in [-0.15, -0.1) is 0 Å². The van der Waals surface area contributed by atoms with Crippen LogP contribution < -0.4 is 11.2 Å². The molecule has 0 bridgehead atoms. The Kier molecular flexibility index (Phi) is 4.92. The van der Waals surface area contributed by atoms with Gasteiger partial charge in [0.05, 0.1) is 26.3 Å². The molecular weight excluding hydrogens is 228 g/mol. The van der Waals surface area contributed by atoms with Gasteiger partial charge in [0.2, 0.25) is 5.88 Å². The van der Waals surface area contributed by atoms with Crippen LogP contribution in [0.1, 0.15) is 0 Å². The Morgan fingerprint density at radius 2 is 1.65 bits per heavy atom. The second-order valence-corrected chi connectivity index (χ2v) is 3.33. The largest absolute Gasteiger partial charge is 0.494 e. The van der Waals surface area contributed by atoms with E-state index in [1.54, 1.807) is 0 Å². The minimum Gasteiger partial charge on any atom is -0.494 e. The summed E-state index contributed by atoms with van der Waals surface area (Å²) < 4.78 is 11.6. The summed E-state index contributed by atoms with van der Waals surface area (Å²) in [5, 5.41) is 9.46. The molecular formula is C10H15N2O5. The van der Waals surface area contributed by atoms with E-state index < -0.39 is 17.1 Å². The number of ether oxygens (including phenoxy) is 2. The summed E-state index contributed by atoms with van der Waals surface area (Å²) in [6.07, 6.45) is 0. The van der Waals surface area contributed by atoms with E-state index in [1.807, 2.05) is 0 Å². The molecule has 0 unspecified atom stereocenters. The smallest absolute Gasteiger partial charge is 0.333 e. The molecule has 0 saturated heterocycles. The first-order valence-corrected chi connectivity index (χ1v) is 5.05. The summed E-state index contributed by atoms with van der Waals surface area (Å²) in [5.74, 6) is -0.481. The first-order valence-electron chi connectivity index (χ1n) is 5.05. The minimum absolute atomic E-state index is 0.123. The average Bonchev–Trinajstić information content (AvgIpc) is 2.28. The molecule has 0 atom stereocenters. The quantitative estimate of drug-likeness (QED) is 0.679. The molecule has 0 aromatic carbocycles. The Labute approximate surface area is 97.8 Å². The Balaban J connectivity index is 3.13. The van der Waals surface area contributed by atoms with Crippen molar-refractivity contribution in [2.24, 2.45) is 0 Å². The van der Waals surface area contributed by atoms with Gasteiger partial charge in [0.25, 0.3) is 5.56 Å². The zero-order valence-corrected chi connectivity index (χ0v) is 9.80. The van der Waals surface area contributed by atoms with Crippen molar-refractivity contribution < 1.29 is 14.6 Å². The fourth-order valence-corrected chi connectivity index (χ4v) is 1.32. The Morgan fingerprint density at radius 3 is 2.18 bits per heavy atom. The van der Waals surface area contributed by atoms with E-state index in [2.05, 4.69) is 6.07 Å². The van der Waals surface area contributed by atoms with Gasteiger partial charge in [-0.1, -0.05) is 0 Å². The highest BCUT2D eigenvalue weighted by molar-refractivity contribution is 5.04. The van der Waals surface area contributed by atoms with Crippen LogP contribution in [0.3, 0.4) is 0 Å². The SMILES string of the molecule is COCCn1c(O)[c]c(=O)n(CCOC)c1=O. The minimum atomic E-state index is -0.668. The Morgan fingerprint density at radius 1 is 1.12 bits per heavy atom. The molecule has 7 nitrogen and oxygen atoms in total. The molecule has 1 radical (unpaired) electrons. The van der Waals surface area contributed by atoms with E-state index in [1.165, 1.54) is 14.2 Å². The summed E-state index contributed by atoms with van der Waals surface area (Å²) in [7, 11) is 2.95. The van der Waals surface area contributed by atoms with Crippen molar-refractivity contribution in [1.29, 1.82) is 0 Å². The highest BCUT2D eigenvalue weighted by Crippen LogP contribution is 1.99. The predicted octanol–water partition coefficient (Wildman–Crippen LogP) is -1.19. The average molecular weight is 243 g/mol. The van der Waals surface area contributed by atoms with Crippen molar-refractivity contribution in [3.8, 4) is 5.88 Å². The van der Waals surface area contributed by atoms with Gasteiger partial charge in [-0.3, -0.25) is 13.9 Å². The molecule has 0 aliphatic carbocycles. The molecule has 0 saturated carbocycles. The normalized spacial score (nSPS) is 10.7. The number of nitrogens with zero attached hydrogens (tertiary/aromatic N) is 2. The molecule has 1 N–H and O–H groups in total. The number of aromatic hydroxyl groups is 1. The third kappa shape index (κ3) is 3.18. The first-order chi connectivity index (χ1) is 8.11. The lowest BCUT2D eigenvalue weighted by atomic mass is 10.5. The van der Waals surface area contributed by atoms with Crippen LogP contribution >= 0.6 is 0 Å². The van der Waals surface area contributed by atoms with Gasteiger partial charge < -0.3 is 14.6 Å². The predicted molar refractivity (Wildman–Crippen MR) is 59.2 cm³/mol. The maximum atomic E-state index is 11.9. The van der Waals surface area contributed by atoms with Crippen molar-refractivity contribution in [3.05, 3.63) is 26.9 Å². The highest BCUT2D eigenvalue weighted by atomic mass is 16.5. The summed E-state index contributed by atoms with van der Waals surface area (Å²) >= 11 is 0. The molecule has 0 amide bonds. The number of hydrogen-bond acceptors (Lipinski definition) is 5. The zero-order valence-electron chi connectivity index (χ0n) is 9.80. The molecule has 17 heavy (non-hydrogen) atoms. The van der Waals surface area contributed by atoms with Gasteiger partial charge in [0, 0.05) is 14.2 Å². The molecule has 95 valence electrons. The number of hydrogen-bond donors (Lipinski definition) is 1. The lowest BCUT2D eigenvalue weighted by Crippen LogP contribution is -2.40. The molecule has 1 rings (SSSR count). The van der Waals surface area contributed by atoms with Crippen LogP contribution in [0.4, 0.5) is 0 Å². The molecule has 7 heteroatoms. The van der Waals surface area contributed by atoms with E-state index in [4.69, 9.17) is 9.47 Å². The maximum absolute atomic E-state index is 11.9. The Bertz CT molecular complexity index is 477. The molecule has 0 fully saturated rings. The van der Waals surface area contributed by atoms with Gasteiger partial charge >= 0.3 is 5.69 Å². The molecule has 0 aliphatic heterocycles. The van der Waals surface area contributed by atoms with Crippen LogP contribution in [-0.2, 0) is 22.6 Å². The monoisotopic (exact) mass is 243 g/mol. The topological polar surface area (TPSA) is 82.7 Å². The van der Waals surface area contributed by atoms with Crippen molar-refractivity contribution in [2.45, 2.75) is 13.1 Å². The van der Waals surface area contributed by atoms with Gasteiger partial charge in [-0.05, 0) is 0 Å². The van der Waals surface area contributed by atoms with Gasteiger partial charge in [0.15, 0.2) is 0 Å². The van der Waals surface area contributed by atoms with Gasteiger partial charge in [0.1, 0.15) is 6.07 Å². The second kappa shape index (κ2) is 6.21. The maximum Gasteiger partial charge on any atom is 0.333 e. The third-order valence-electron chi connectivity index (χ3n) is 2.22. The highest BCUT2D eigenvalue weighted by Gasteiger charge is 2.10. The molecule has 1 aromatic heterocycles. The fraction of sp³-hybridized carbons (Fsp3) is 0.600. The third-order valence-corrected chi connectivity index (χ3v) is 2.22. The van der Waals surface area contributed by atoms with Crippen molar-refractivity contribution in [2.75, 3.05) is 27.4 Å². The number of methoxy groups -OCH3 is 2. The van der Waals surface area contributed by atoms with Gasteiger partial charge in [-0.25, -0.2) is 4.79 Å². The van der Waals surface area contributed by atoms with E-state index in [-0.39, 0.29) is 26.3 Å². The Hall–Kier alpha value is -1.60. The number of aromatic nitrogens is 2. The molecule has 0 aliphatic rings. The summed E-state index contributed by atoms with van der Waals surface area (Å²) in [6, 6.07) is 2.18. The van der Waals surface area contributed by atoms with E-state index in [9.17, 15) is 14.7 Å². The molecule has 0 spiro atoms. The van der Waals surface area contributed by atoms with E-state index in [0.717, 1.165) is 9.13 Å². The van der Waals surface area contributed by atoms with Crippen molar-refractivity contribution in [3.63, 3.8) is 0 Å².